The summed E-state index contributed by atoms with van der Waals surface area (Å²) >= 11 is 0. The van der Waals surface area contributed by atoms with Crippen molar-refractivity contribution in [3.05, 3.63) is 191 Å². The van der Waals surface area contributed by atoms with Crippen LogP contribution in [0.5, 0.6) is 0 Å². The summed E-state index contributed by atoms with van der Waals surface area (Å²) in [6.45, 7) is 0.739. The van der Waals surface area contributed by atoms with Crippen molar-refractivity contribution in [2.75, 3.05) is 6.54 Å². The number of nitrogens with zero attached hydrogens (tertiary/aromatic N) is 1. The zero-order valence-corrected chi connectivity index (χ0v) is 24.7. The van der Waals surface area contributed by atoms with Crippen LogP contribution in [0.2, 0.25) is 0 Å². The zero-order valence-electron chi connectivity index (χ0n) is 24.7. The van der Waals surface area contributed by atoms with Crippen molar-refractivity contribution < 1.29 is 0 Å². The van der Waals surface area contributed by atoms with Crippen LogP contribution < -0.4 is 0 Å². The monoisotopic (exact) mass is 570 g/mol. The van der Waals surface area contributed by atoms with E-state index in [0.717, 1.165) is 17.8 Å². The van der Waals surface area contributed by atoms with Gasteiger partial charge in [0.15, 0.2) is 0 Å². The Morgan fingerprint density at radius 3 is 1.87 bits per heavy atom. The van der Waals surface area contributed by atoms with Crippen LogP contribution in [0.4, 0.5) is 0 Å². The number of rotatable bonds is 2. The summed E-state index contributed by atoms with van der Waals surface area (Å²) < 4.78 is 0. The predicted octanol–water partition coefficient (Wildman–Crippen LogP) is 11.3. The second kappa shape index (κ2) is 9.17. The topological polar surface area (TPSA) is 14.1 Å². The van der Waals surface area contributed by atoms with Crippen molar-refractivity contribution in [2.24, 2.45) is 0 Å². The van der Waals surface area contributed by atoms with Crippen LogP contribution in [0.15, 0.2) is 158 Å². The van der Waals surface area contributed by atoms with Crippen LogP contribution in [0, 0.1) is 0 Å². The highest BCUT2D eigenvalue weighted by Crippen LogP contribution is 2.65. The molecule has 1 aliphatic heterocycles. The first kappa shape index (κ1) is 24.7. The lowest BCUT2D eigenvalue weighted by molar-refractivity contribution is 0.802. The number of hydrogen-bond acceptors (Lipinski definition) is 0. The summed E-state index contributed by atoms with van der Waals surface area (Å²) in [5.74, 6) is 0. The first-order valence-corrected chi connectivity index (χ1v) is 15.8. The van der Waals surface area contributed by atoms with Crippen LogP contribution in [0.25, 0.3) is 65.9 Å². The molecule has 10 rings (SSSR count). The standard InChI is InChI=1S/C44H28N/c1-2-12-31-28(11-1)24-25-36-42-35-16-4-3-13-32(35)37(29-20-22-30(23-21-29)41-19-9-10-26-45-41)27-40(42)44(43(31)36)38-17-7-5-14-33(38)34-15-6-8-18-39(34)44/h1-25,27H,26H2/q-1. The molecule has 1 nitrogen and oxygen atoms in total. The SMILES string of the molecule is C1=CC[N-]C(c2ccc(-c3cc4c(c5ccccc35)-c3ccc5ccccc5c3C43c4ccccc4-c4ccccc43)cc2)=C1. The van der Waals surface area contributed by atoms with E-state index in [4.69, 9.17) is 5.32 Å². The Kier molecular flexibility index (Phi) is 5.04. The maximum absolute atomic E-state index is 4.71. The Morgan fingerprint density at radius 1 is 0.489 bits per heavy atom. The second-order valence-corrected chi connectivity index (χ2v) is 12.3. The minimum Gasteiger partial charge on any atom is -0.681 e. The fourth-order valence-corrected chi connectivity index (χ4v) is 8.45. The molecular weight excluding hydrogens is 542 g/mol. The molecular formula is C44H28N-. The van der Waals surface area contributed by atoms with Crippen LogP contribution in [-0.2, 0) is 5.41 Å². The highest BCUT2D eigenvalue weighted by molar-refractivity contribution is 6.14. The largest absolute Gasteiger partial charge is 0.681 e. The molecule has 210 valence electrons. The first-order valence-electron chi connectivity index (χ1n) is 15.8. The normalized spacial score (nSPS) is 15.0. The molecule has 45 heavy (non-hydrogen) atoms. The lowest BCUT2D eigenvalue weighted by Gasteiger charge is -2.32. The van der Waals surface area contributed by atoms with Gasteiger partial charge in [0.05, 0.1) is 5.41 Å². The highest BCUT2D eigenvalue weighted by Gasteiger charge is 2.53. The molecule has 3 aliphatic rings. The van der Waals surface area contributed by atoms with Crippen molar-refractivity contribution >= 4 is 27.2 Å². The van der Waals surface area contributed by atoms with E-state index in [1.807, 2.05) is 0 Å². The van der Waals surface area contributed by atoms with E-state index in [1.165, 1.54) is 77.2 Å². The van der Waals surface area contributed by atoms with Crippen LogP contribution in [0.1, 0.15) is 27.8 Å². The van der Waals surface area contributed by atoms with Gasteiger partial charge in [0.25, 0.3) is 0 Å². The van der Waals surface area contributed by atoms with Crippen LogP contribution in [0.3, 0.4) is 0 Å². The summed E-state index contributed by atoms with van der Waals surface area (Å²) in [7, 11) is 0. The molecule has 1 heterocycles. The first-order chi connectivity index (χ1) is 22.3. The van der Waals surface area contributed by atoms with E-state index < -0.39 is 5.41 Å². The van der Waals surface area contributed by atoms with E-state index >= 15 is 0 Å². The fourth-order valence-electron chi connectivity index (χ4n) is 8.45. The molecule has 0 fully saturated rings. The lowest BCUT2D eigenvalue weighted by Crippen LogP contribution is -2.26. The van der Waals surface area contributed by atoms with Gasteiger partial charge in [-0.1, -0.05) is 146 Å². The zero-order chi connectivity index (χ0) is 29.5. The number of hydrogen-bond donors (Lipinski definition) is 0. The smallest absolute Gasteiger partial charge is 0.0731 e. The van der Waals surface area contributed by atoms with Gasteiger partial charge in [-0.3, -0.25) is 0 Å². The number of fused-ring (bicyclic) bond motifs is 14. The van der Waals surface area contributed by atoms with Crippen molar-refractivity contribution in [3.63, 3.8) is 0 Å². The Labute approximate surface area is 262 Å². The molecule has 7 aromatic carbocycles. The van der Waals surface area contributed by atoms with Gasteiger partial charge in [0, 0.05) is 0 Å². The molecule has 0 bridgehead atoms. The van der Waals surface area contributed by atoms with Gasteiger partial charge >= 0.3 is 0 Å². The van der Waals surface area contributed by atoms with Gasteiger partial charge in [-0.05, 0) is 88.8 Å². The van der Waals surface area contributed by atoms with Gasteiger partial charge in [-0.2, -0.15) is 0 Å². The van der Waals surface area contributed by atoms with Gasteiger partial charge < -0.3 is 5.32 Å². The van der Waals surface area contributed by atoms with Gasteiger partial charge in [0.1, 0.15) is 0 Å². The van der Waals surface area contributed by atoms with Crippen LogP contribution >= 0.6 is 0 Å². The summed E-state index contributed by atoms with van der Waals surface area (Å²) in [5.41, 5.74) is 15.2. The van der Waals surface area contributed by atoms with Gasteiger partial charge in [-0.25, -0.2) is 0 Å². The van der Waals surface area contributed by atoms with Crippen molar-refractivity contribution in [2.45, 2.75) is 5.41 Å². The van der Waals surface area contributed by atoms with Gasteiger partial charge in [-0.15, -0.1) is 18.3 Å². The molecule has 1 spiro atoms. The maximum Gasteiger partial charge on any atom is 0.0731 e. The molecule has 0 radical (unpaired) electrons. The molecule has 0 N–H and O–H groups in total. The van der Waals surface area contributed by atoms with Gasteiger partial charge in [0.2, 0.25) is 0 Å². The van der Waals surface area contributed by atoms with Crippen LogP contribution in [-0.4, -0.2) is 6.54 Å². The Hall–Kier alpha value is -5.66. The molecule has 1 heteroatoms. The van der Waals surface area contributed by atoms with Crippen molar-refractivity contribution in [1.82, 2.24) is 0 Å². The highest BCUT2D eigenvalue weighted by atomic mass is 14.9. The minimum absolute atomic E-state index is 0.421. The predicted molar refractivity (Wildman–Crippen MR) is 189 cm³/mol. The third-order valence-electron chi connectivity index (χ3n) is 10.2. The summed E-state index contributed by atoms with van der Waals surface area (Å²) in [6.07, 6.45) is 6.29. The lowest BCUT2D eigenvalue weighted by atomic mass is 9.69. The molecule has 0 saturated carbocycles. The molecule has 2 aliphatic carbocycles. The minimum atomic E-state index is -0.421. The van der Waals surface area contributed by atoms with E-state index in [0.29, 0.717) is 0 Å². The Bertz CT molecular complexity index is 2380. The van der Waals surface area contributed by atoms with E-state index in [1.54, 1.807) is 0 Å². The quantitative estimate of drug-likeness (QED) is 0.196. The van der Waals surface area contributed by atoms with E-state index in [9.17, 15) is 0 Å². The van der Waals surface area contributed by atoms with E-state index in [2.05, 4.69) is 158 Å². The molecule has 0 atom stereocenters. The molecule has 0 aromatic heterocycles. The van der Waals surface area contributed by atoms with E-state index in [-0.39, 0.29) is 0 Å². The number of benzene rings is 7. The summed E-state index contributed by atoms with van der Waals surface area (Å²) in [4.78, 5) is 0. The second-order valence-electron chi connectivity index (χ2n) is 12.3. The number of allylic oxidation sites excluding steroid dienone is 2. The van der Waals surface area contributed by atoms with Crippen molar-refractivity contribution in [3.8, 4) is 33.4 Å². The molecule has 0 saturated heterocycles. The summed E-state index contributed by atoms with van der Waals surface area (Å²) in [6, 6.07) is 52.3. The Balaban J connectivity index is 1.34. The summed E-state index contributed by atoms with van der Waals surface area (Å²) in [5, 5.41) is 9.90. The molecule has 0 unspecified atom stereocenters. The van der Waals surface area contributed by atoms with Crippen molar-refractivity contribution in [1.29, 1.82) is 0 Å². The average Bonchev–Trinajstić information content (AvgIpc) is 3.59. The third-order valence-corrected chi connectivity index (χ3v) is 10.2. The fraction of sp³-hybridized carbons (Fsp3) is 0.0455. The maximum atomic E-state index is 4.71. The average molecular weight is 571 g/mol. The Morgan fingerprint density at radius 2 is 1.13 bits per heavy atom. The third kappa shape index (κ3) is 3.22. The molecule has 7 aromatic rings. The molecule has 0 amide bonds.